The van der Waals surface area contributed by atoms with Crippen LogP contribution < -0.4 is 10.5 Å². The van der Waals surface area contributed by atoms with E-state index in [2.05, 4.69) is 10.3 Å². The summed E-state index contributed by atoms with van der Waals surface area (Å²) in [6.07, 6.45) is 0. The molecule has 0 aliphatic rings. The molecule has 0 aliphatic heterocycles. The monoisotopic (exact) mass is 404 g/mol. The summed E-state index contributed by atoms with van der Waals surface area (Å²) < 4.78 is 25.0. The van der Waals surface area contributed by atoms with Gasteiger partial charge in [-0.15, -0.1) is 0 Å². The first-order valence-corrected chi connectivity index (χ1v) is 10.9. The third-order valence-corrected chi connectivity index (χ3v) is 5.88. The maximum absolute atomic E-state index is 12.1. The van der Waals surface area contributed by atoms with Crippen LogP contribution in [0.3, 0.4) is 0 Å². The Morgan fingerprint density at radius 1 is 1.22 bits per heavy atom. The largest absolute Gasteiger partial charge is 0.351 e. The van der Waals surface area contributed by atoms with Crippen LogP contribution in [-0.2, 0) is 27.9 Å². The number of sulfonamides is 1. The Labute approximate surface area is 162 Å². The first kappa shape index (κ1) is 19.4. The van der Waals surface area contributed by atoms with Gasteiger partial charge in [0, 0.05) is 13.1 Å². The third-order valence-electron chi connectivity index (χ3n) is 3.99. The minimum Gasteiger partial charge on any atom is -0.351 e. The molecule has 1 amide bonds. The Bertz CT molecular complexity index is 1060. The van der Waals surface area contributed by atoms with Gasteiger partial charge < -0.3 is 9.88 Å². The Morgan fingerprint density at radius 3 is 2.63 bits per heavy atom. The number of benzene rings is 2. The zero-order valence-corrected chi connectivity index (χ0v) is 16.4. The number of rotatable bonds is 7. The predicted octanol–water partition coefficient (Wildman–Crippen LogP) is 2.11. The lowest BCUT2D eigenvalue weighted by molar-refractivity contribution is -0.118. The Balaban J connectivity index is 1.71. The number of carbonyl (C=O) groups excluding carboxylic acids is 1. The molecule has 0 saturated heterocycles. The van der Waals surface area contributed by atoms with Gasteiger partial charge >= 0.3 is 0 Å². The molecule has 3 N–H and O–H groups in total. The Hall–Kier alpha value is -2.36. The predicted molar refractivity (Wildman–Crippen MR) is 106 cm³/mol. The molecule has 7 nitrogen and oxygen atoms in total. The van der Waals surface area contributed by atoms with E-state index in [0.717, 1.165) is 11.1 Å². The number of hydrogen-bond acceptors (Lipinski definition) is 5. The molecule has 0 bridgehead atoms. The summed E-state index contributed by atoms with van der Waals surface area (Å²) in [5, 5.41) is 8.72. The summed E-state index contributed by atoms with van der Waals surface area (Å²) in [7, 11) is -3.78. The Morgan fingerprint density at radius 2 is 1.96 bits per heavy atom. The van der Waals surface area contributed by atoms with E-state index in [0.29, 0.717) is 23.8 Å². The molecule has 0 radical (unpaired) electrons. The summed E-state index contributed by atoms with van der Waals surface area (Å²) in [6.45, 7) is 3.09. The normalized spacial score (nSPS) is 11.6. The van der Waals surface area contributed by atoms with Gasteiger partial charge in [-0.3, -0.25) is 4.79 Å². The van der Waals surface area contributed by atoms with E-state index >= 15 is 0 Å². The molecule has 0 atom stereocenters. The fourth-order valence-corrected chi connectivity index (χ4v) is 4.10. The van der Waals surface area contributed by atoms with Crippen molar-refractivity contribution in [1.82, 2.24) is 14.9 Å². The fraction of sp³-hybridized carbons (Fsp3) is 0.222. The highest BCUT2D eigenvalue weighted by Gasteiger charge is 2.15. The van der Waals surface area contributed by atoms with Gasteiger partial charge in [0.15, 0.2) is 5.16 Å². The molecule has 0 aliphatic carbocycles. The SMILES string of the molecule is CCn1c(SCC(=O)NCc2ccccc2)nc2cc(S(N)(=O)=O)ccc21. The number of nitrogens with one attached hydrogen (secondary N) is 1. The summed E-state index contributed by atoms with van der Waals surface area (Å²) >= 11 is 1.31. The van der Waals surface area contributed by atoms with Gasteiger partial charge in [-0.1, -0.05) is 42.1 Å². The van der Waals surface area contributed by atoms with Crippen LogP contribution in [0.5, 0.6) is 0 Å². The lowest BCUT2D eigenvalue weighted by atomic mass is 10.2. The summed E-state index contributed by atoms with van der Waals surface area (Å²) in [4.78, 5) is 16.6. The minimum absolute atomic E-state index is 0.0212. The van der Waals surface area contributed by atoms with Gasteiger partial charge in [0.25, 0.3) is 0 Å². The molecule has 2 aromatic carbocycles. The van der Waals surface area contributed by atoms with Crippen LogP contribution in [0.4, 0.5) is 0 Å². The number of nitrogens with zero attached hydrogens (tertiary/aromatic N) is 2. The summed E-state index contributed by atoms with van der Waals surface area (Å²) in [5.41, 5.74) is 2.37. The highest BCUT2D eigenvalue weighted by atomic mass is 32.2. The van der Waals surface area contributed by atoms with Crippen molar-refractivity contribution in [2.45, 2.75) is 30.1 Å². The molecule has 9 heteroatoms. The number of aryl methyl sites for hydroxylation is 1. The van der Waals surface area contributed by atoms with Gasteiger partial charge in [0.05, 0.1) is 21.7 Å². The van der Waals surface area contributed by atoms with E-state index < -0.39 is 10.0 Å². The van der Waals surface area contributed by atoms with E-state index in [1.165, 1.54) is 23.9 Å². The van der Waals surface area contributed by atoms with Gasteiger partial charge in [-0.05, 0) is 30.7 Å². The van der Waals surface area contributed by atoms with Crippen molar-refractivity contribution in [2.75, 3.05) is 5.75 Å². The van der Waals surface area contributed by atoms with Crippen LogP contribution >= 0.6 is 11.8 Å². The van der Waals surface area contributed by atoms with E-state index in [1.54, 1.807) is 6.07 Å². The number of primary sulfonamides is 1. The number of imidazole rings is 1. The molecule has 0 spiro atoms. The molecule has 0 unspecified atom stereocenters. The summed E-state index contributed by atoms with van der Waals surface area (Å²) in [6, 6.07) is 14.3. The summed E-state index contributed by atoms with van der Waals surface area (Å²) in [5.74, 6) is 0.127. The van der Waals surface area contributed by atoms with Crippen molar-refractivity contribution in [3.05, 3.63) is 54.1 Å². The molecule has 27 heavy (non-hydrogen) atoms. The van der Waals surface area contributed by atoms with Crippen LogP contribution in [0, 0.1) is 0 Å². The second kappa shape index (κ2) is 8.12. The average molecular weight is 405 g/mol. The molecule has 0 fully saturated rings. The van der Waals surface area contributed by atoms with Gasteiger partial charge in [-0.25, -0.2) is 18.5 Å². The molecule has 1 aromatic heterocycles. The van der Waals surface area contributed by atoms with E-state index in [9.17, 15) is 13.2 Å². The second-order valence-electron chi connectivity index (χ2n) is 5.89. The van der Waals surface area contributed by atoms with Crippen molar-refractivity contribution >= 4 is 38.7 Å². The van der Waals surface area contributed by atoms with Crippen molar-refractivity contribution < 1.29 is 13.2 Å². The van der Waals surface area contributed by atoms with Crippen LogP contribution in [0.2, 0.25) is 0 Å². The minimum atomic E-state index is -3.78. The van der Waals surface area contributed by atoms with Gasteiger partial charge in [0.1, 0.15) is 0 Å². The number of thioether (sulfide) groups is 1. The third kappa shape index (κ3) is 4.68. The van der Waals surface area contributed by atoms with Crippen LogP contribution in [-0.4, -0.2) is 29.6 Å². The van der Waals surface area contributed by atoms with Crippen LogP contribution in [0.25, 0.3) is 11.0 Å². The number of amides is 1. The highest BCUT2D eigenvalue weighted by Crippen LogP contribution is 2.25. The van der Waals surface area contributed by atoms with Crippen molar-refractivity contribution in [3.8, 4) is 0 Å². The molecule has 0 saturated carbocycles. The molecule has 3 aromatic rings. The van der Waals surface area contributed by atoms with Crippen LogP contribution in [0.15, 0.2) is 58.6 Å². The highest BCUT2D eigenvalue weighted by molar-refractivity contribution is 7.99. The number of hydrogen-bond donors (Lipinski definition) is 2. The first-order valence-electron chi connectivity index (χ1n) is 8.35. The number of aromatic nitrogens is 2. The molecule has 1 heterocycles. The van der Waals surface area contributed by atoms with Crippen molar-refractivity contribution in [3.63, 3.8) is 0 Å². The Kier molecular flexibility index (Phi) is 5.83. The number of carbonyl (C=O) groups is 1. The molecule has 142 valence electrons. The zero-order valence-electron chi connectivity index (χ0n) is 14.8. The van der Waals surface area contributed by atoms with Crippen molar-refractivity contribution in [1.29, 1.82) is 0 Å². The van der Waals surface area contributed by atoms with Gasteiger partial charge in [0.2, 0.25) is 15.9 Å². The van der Waals surface area contributed by atoms with E-state index in [4.69, 9.17) is 5.14 Å². The number of nitrogens with two attached hydrogens (primary N) is 1. The molecular weight excluding hydrogens is 384 g/mol. The van der Waals surface area contributed by atoms with E-state index in [-0.39, 0.29) is 16.6 Å². The fourth-order valence-electron chi connectivity index (χ4n) is 2.66. The maximum Gasteiger partial charge on any atom is 0.238 e. The van der Waals surface area contributed by atoms with E-state index in [1.807, 2.05) is 41.8 Å². The van der Waals surface area contributed by atoms with Crippen molar-refractivity contribution in [2.24, 2.45) is 5.14 Å². The standard InChI is InChI=1S/C18H20N4O3S2/c1-2-22-16-9-8-14(27(19,24)25)10-15(16)21-18(22)26-12-17(23)20-11-13-6-4-3-5-7-13/h3-10H,2,11-12H2,1H3,(H,20,23)(H2,19,24,25). The lowest BCUT2D eigenvalue weighted by Gasteiger charge is -2.07. The van der Waals surface area contributed by atoms with Crippen LogP contribution in [0.1, 0.15) is 12.5 Å². The second-order valence-corrected chi connectivity index (χ2v) is 8.39. The first-order chi connectivity index (χ1) is 12.9. The topological polar surface area (TPSA) is 107 Å². The zero-order chi connectivity index (χ0) is 19.4. The average Bonchev–Trinajstić information content (AvgIpc) is 3.01. The molecule has 3 rings (SSSR count). The number of fused-ring (bicyclic) bond motifs is 1. The quantitative estimate of drug-likeness (QED) is 0.587. The lowest BCUT2D eigenvalue weighted by Crippen LogP contribution is -2.24. The molecular formula is C18H20N4O3S2. The maximum atomic E-state index is 12.1. The van der Waals surface area contributed by atoms with Gasteiger partial charge in [-0.2, -0.15) is 0 Å². The smallest absolute Gasteiger partial charge is 0.238 e.